The molecular weight excluding hydrogens is 380 g/mol. The number of amides is 1. The molecule has 1 aromatic carbocycles. The summed E-state index contributed by atoms with van der Waals surface area (Å²) in [7, 11) is 0. The van der Waals surface area contributed by atoms with Crippen LogP contribution in [0.5, 0.6) is 0 Å². The van der Waals surface area contributed by atoms with Crippen molar-refractivity contribution in [3.8, 4) is 0 Å². The van der Waals surface area contributed by atoms with Crippen LogP contribution in [0.4, 0.5) is 0 Å². The maximum atomic E-state index is 12.4. The quantitative estimate of drug-likeness (QED) is 0.667. The average Bonchev–Trinajstić information content (AvgIpc) is 3.31. The molecule has 0 bridgehead atoms. The van der Waals surface area contributed by atoms with Gasteiger partial charge in [0.15, 0.2) is 5.76 Å². The van der Waals surface area contributed by atoms with Gasteiger partial charge in [0.1, 0.15) is 5.76 Å². The lowest BCUT2D eigenvalue weighted by molar-refractivity contribution is 0.0899. The number of benzene rings is 1. The molecule has 6 heteroatoms. The highest BCUT2D eigenvalue weighted by atomic mass is 35.5. The molecule has 0 saturated heterocycles. The molecule has 1 amide bonds. The van der Waals surface area contributed by atoms with Crippen LogP contribution >= 0.6 is 22.9 Å². The fourth-order valence-electron chi connectivity index (χ4n) is 3.51. The van der Waals surface area contributed by atoms with Crippen LogP contribution in [0.1, 0.15) is 38.4 Å². The van der Waals surface area contributed by atoms with Crippen molar-refractivity contribution in [2.75, 3.05) is 13.1 Å². The van der Waals surface area contributed by atoms with Crippen molar-refractivity contribution in [3.05, 3.63) is 80.4 Å². The molecule has 0 radical (unpaired) electrons. The molecule has 3 aromatic rings. The molecular formula is C21H21ClN2O2S. The SMILES string of the molecule is Cc1ccc(C(=O)NCC(c2ccc(Cl)cc2)N2CCc3sccc3C2)o1. The predicted octanol–water partition coefficient (Wildman–Crippen LogP) is 4.83. The Morgan fingerprint density at radius 1 is 1.26 bits per heavy atom. The summed E-state index contributed by atoms with van der Waals surface area (Å²) in [6.07, 6.45) is 1.04. The molecule has 1 unspecified atom stereocenters. The Morgan fingerprint density at radius 3 is 2.81 bits per heavy atom. The van der Waals surface area contributed by atoms with E-state index in [2.05, 4.69) is 21.7 Å². The lowest BCUT2D eigenvalue weighted by Crippen LogP contribution is -2.40. The number of nitrogens with zero attached hydrogens (tertiary/aromatic N) is 1. The van der Waals surface area contributed by atoms with E-state index in [0.717, 1.165) is 30.8 Å². The first-order chi connectivity index (χ1) is 13.1. The van der Waals surface area contributed by atoms with Gasteiger partial charge in [-0.2, -0.15) is 0 Å². The molecule has 4 rings (SSSR count). The van der Waals surface area contributed by atoms with Gasteiger partial charge in [-0.1, -0.05) is 23.7 Å². The molecule has 4 nitrogen and oxygen atoms in total. The number of thiophene rings is 1. The molecule has 3 heterocycles. The second-order valence-electron chi connectivity index (χ2n) is 6.78. The third kappa shape index (κ3) is 4.10. The highest BCUT2D eigenvalue weighted by Gasteiger charge is 2.26. The zero-order valence-electron chi connectivity index (χ0n) is 15.1. The van der Waals surface area contributed by atoms with Crippen LogP contribution in [0.25, 0.3) is 0 Å². The summed E-state index contributed by atoms with van der Waals surface area (Å²) >= 11 is 7.90. The lowest BCUT2D eigenvalue weighted by atomic mass is 10.0. The van der Waals surface area contributed by atoms with Crippen LogP contribution in [-0.2, 0) is 13.0 Å². The summed E-state index contributed by atoms with van der Waals surface area (Å²) in [5, 5.41) is 5.91. The summed E-state index contributed by atoms with van der Waals surface area (Å²) < 4.78 is 5.44. The van der Waals surface area contributed by atoms with Crippen molar-refractivity contribution >= 4 is 28.8 Å². The van der Waals surface area contributed by atoms with Crippen LogP contribution in [0.15, 0.2) is 52.3 Å². The van der Waals surface area contributed by atoms with Gasteiger partial charge >= 0.3 is 0 Å². The first-order valence-corrected chi connectivity index (χ1v) is 10.3. The number of halogens is 1. The van der Waals surface area contributed by atoms with Crippen molar-refractivity contribution in [3.63, 3.8) is 0 Å². The van der Waals surface area contributed by atoms with Gasteiger partial charge < -0.3 is 9.73 Å². The Balaban J connectivity index is 1.53. The summed E-state index contributed by atoms with van der Waals surface area (Å²) in [5.41, 5.74) is 2.53. The van der Waals surface area contributed by atoms with Crippen LogP contribution in [-0.4, -0.2) is 23.9 Å². The molecule has 0 fully saturated rings. The van der Waals surface area contributed by atoms with Crippen molar-refractivity contribution in [2.24, 2.45) is 0 Å². The van der Waals surface area contributed by atoms with E-state index in [1.54, 1.807) is 12.1 Å². The van der Waals surface area contributed by atoms with Gasteiger partial charge in [-0.3, -0.25) is 9.69 Å². The van der Waals surface area contributed by atoms with Crippen LogP contribution in [0.2, 0.25) is 5.02 Å². The van der Waals surface area contributed by atoms with Gasteiger partial charge in [0.2, 0.25) is 0 Å². The van der Waals surface area contributed by atoms with Crippen molar-refractivity contribution in [1.82, 2.24) is 10.2 Å². The minimum atomic E-state index is -0.185. The summed E-state index contributed by atoms with van der Waals surface area (Å²) in [6.45, 7) is 4.21. The van der Waals surface area contributed by atoms with Gasteiger partial charge in [-0.25, -0.2) is 0 Å². The topological polar surface area (TPSA) is 45.5 Å². The molecule has 0 aliphatic carbocycles. The predicted molar refractivity (Wildman–Crippen MR) is 108 cm³/mol. The van der Waals surface area contributed by atoms with E-state index < -0.39 is 0 Å². The molecule has 1 N–H and O–H groups in total. The normalized spacial score (nSPS) is 15.3. The molecule has 1 aliphatic heterocycles. The number of fused-ring (bicyclic) bond motifs is 1. The second kappa shape index (κ2) is 7.89. The summed E-state index contributed by atoms with van der Waals surface area (Å²) in [5.74, 6) is 0.895. The molecule has 140 valence electrons. The van der Waals surface area contributed by atoms with E-state index >= 15 is 0 Å². The highest BCUT2D eigenvalue weighted by molar-refractivity contribution is 7.10. The number of carbonyl (C=O) groups is 1. The average molecular weight is 401 g/mol. The number of rotatable bonds is 5. The molecule has 1 aliphatic rings. The third-order valence-corrected chi connectivity index (χ3v) is 6.23. The Kier molecular flexibility index (Phi) is 5.34. The fourth-order valence-corrected chi connectivity index (χ4v) is 4.53. The molecule has 27 heavy (non-hydrogen) atoms. The van der Waals surface area contributed by atoms with E-state index in [1.165, 1.54) is 10.4 Å². The number of hydrogen-bond donors (Lipinski definition) is 1. The second-order valence-corrected chi connectivity index (χ2v) is 8.21. The Hall–Kier alpha value is -2.08. The molecule has 0 saturated carbocycles. The Bertz CT molecular complexity index is 932. The van der Waals surface area contributed by atoms with E-state index in [9.17, 15) is 4.79 Å². The van der Waals surface area contributed by atoms with E-state index in [-0.39, 0.29) is 11.9 Å². The van der Waals surface area contributed by atoms with Gasteiger partial charge in [0, 0.05) is 29.5 Å². The maximum absolute atomic E-state index is 12.4. The zero-order chi connectivity index (χ0) is 18.8. The maximum Gasteiger partial charge on any atom is 0.287 e. The van der Waals surface area contributed by atoms with E-state index in [1.807, 2.05) is 42.5 Å². The number of aryl methyl sites for hydroxylation is 1. The monoisotopic (exact) mass is 400 g/mol. The number of hydrogen-bond acceptors (Lipinski definition) is 4. The van der Waals surface area contributed by atoms with Crippen LogP contribution in [0, 0.1) is 6.92 Å². The molecule has 0 spiro atoms. The summed E-state index contributed by atoms with van der Waals surface area (Å²) in [4.78, 5) is 16.3. The van der Waals surface area contributed by atoms with Crippen molar-refractivity contribution in [2.45, 2.75) is 25.9 Å². The Labute approximate surface area is 167 Å². The van der Waals surface area contributed by atoms with E-state index in [4.69, 9.17) is 16.0 Å². The van der Waals surface area contributed by atoms with Crippen LogP contribution < -0.4 is 5.32 Å². The minimum Gasteiger partial charge on any atom is -0.456 e. The summed E-state index contributed by atoms with van der Waals surface area (Å²) in [6, 6.07) is 13.7. The first kappa shape index (κ1) is 18.3. The van der Waals surface area contributed by atoms with Crippen LogP contribution in [0.3, 0.4) is 0 Å². The fraction of sp³-hybridized carbons (Fsp3) is 0.286. The third-order valence-electron chi connectivity index (χ3n) is 4.95. The van der Waals surface area contributed by atoms with Crippen molar-refractivity contribution < 1.29 is 9.21 Å². The largest absolute Gasteiger partial charge is 0.456 e. The van der Waals surface area contributed by atoms with Gasteiger partial charge in [0.25, 0.3) is 5.91 Å². The Morgan fingerprint density at radius 2 is 2.07 bits per heavy atom. The zero-order valence-corrected chi connectivity index (χ0v) is 16.6. The first-order valence-electron chi connectivity index (χ1n) is 8.99. The van der Waals surface area contributed by atoms with Gasteiger partial charge in [-0.15, -0.1) is 11.3 Å². The standard InChI is InChI=1S/C21H21ClN2O2S/c1-14-2-7-19(26-14)21(25)23-12-18(15-3-5-17(22)6-4-15)24-10-8-20-16(13-24)9-11-27-20/h2-7,9,11,18H,8,10,12-13H2,1H3,(H,23,25). The number of nitrogens with one attached hydrogen (secondary N) is 1. The minimum absolute atomic E-state index is 0.0790. The molecule has 1 atom stereocenters. The number of furan rings is 1. The lowest BCUT2D eigenvalue weighted by Gasteiger charge is -2.35. The smallest absolute Gasteiger partial charge is 0.287 e. The van der Waals surface area contributed by atoms with E-state index in [0.29, 0.717) is 17.3 Å². The van der Waals surface area contributed by atoms with Crippen molar-refractivity contribution in [1.29, 1.82) is 0 Å². The number of carbonyl (C=O) groups excluding carboxylic acids is 1. The molecule has 2 aromatic heterocycles. The highest BCUT2D eigenvalue weighted by Crippen LogP contribution is 2.30. The van der Waals surface area contributed by atoms with Gasteiger partial charge in [-0.05, 0) is 60.2 Å². The van der Waals surface area contributed by atoms with Gasteiger partial charge in [0.05, 0.1) is 6.04 Å².